The molecule has 0 radical (unpaired) electrons. The lowest BCUT2D eigenvalue weighted by Crippen LogP contribution is -2.26. The van der Waals surface area contributed by atoms with Gasteiger partial charge in [0.1, 0.15) is 0 Å². The van der Waals surface area contributed by atoms with E-state index in [0.29, 0.717) is 24.6 Å². The van der Waals surface area contributed by atoms with Crippen LogP contribution in [0.3, 0.4) is 0 Å². The Bertz CT molecular complexity index is 771. The third-order valence-corrected chi connectivity index (χ3v) is 4.60. The summed E-state index contributed by atoms with van der Waals surface area (Å²) in [5.41, 5.74) is 10.5. The molecule has 136 valence electrons. The highest BCUT2D eigenvalue weighted by Crippen LogP contribution is 2.27. The molecule has 1 aliphatic rings. The van der Waals surface area contributed by atoms with Crippen molar-refractivity contribution in [2.75, 3.05) is 18.4 Å². The maximum absolute atomic E-state index is 11.9. The number of nitrogens with two attached hydrogens (primary N) is 1. The van der Waals surface area contributed by atoms with E-state index < -0.39 is 0 Å². The average molecular weight is 350 g/mol. The lowest BCUT2D eigenvalue weighted by molar-refractivity contribution is 0.0953. The van der Waals surface area contributed by atoms with Crippen LogP contribution in [0.4, 0.5) is 5.69 Å². The molecule has 0 spiro atoms. The minimum atomic E-state index is -0.0587. The number of hydrogen-bond acceptors (Lipinski definition) is 2. The van der Waals surface area contributed by atoms with Crippen LogP contribution in [0, 0.1) is 0 Å². The first kappa shape index (κ1) is 18.0. The summed E-state index contributed by atoms with van der Waals surface area (Å²) in [5, 5.41) is 6.13. The number of aliphatic imine (C=N–C) groups is 1. The summed E-state index contributed by atoms with van der Waals surface area (Å²) in [6, 6.07) is 15.5. The van der Waals surface area contributed by atoms with Gasteiger partial charge in [-0.1, -0.05) is 30.3 Å². The molecule has 0 saturated heterocycles. The number of nitrogens with one attached hydrogen (secondary N) is 2. The highest BCUT2D eigenvalue weighted by Gasteiger charge is 2.13. The van der Waals surface area contributed by atoms with E-state index in [4.69, 9.17) is 5.73 Å². The minimum absolute atomic E-state index is 0.0587. The summed E-state index contributed by atoms with van der Waals surface area (Å²) in [6.07, 6.45) is 5.47. The molecule has 4 N–H and O–H groups in total. The molecule has 2 aromatic rings. The summed E-state index contributed by atoms with van der Waals surface area (Å²) in [5.74, 6) is 0.370. The van der Waals surface area contributed by atoms with Gasteiger partial charge in [-0.05, 0) is 61.4 Å². The summed E-state index contributed by atoms with van der Waals surface area (Å²) >= 11 is 0. The summed E-state index contributed by atoms with van der Waals surface area (Å²) in [4.78, 5) is 16.3. The van der Waals surface area contributed by atoms with E-state index >= 15 is 0 Å². The van der Waals surface area contributed by atoms with Gasteiger partial charge in [-0.2, -0.15) is 0 Å². The van der Waals surface area contributed by atoms with Crippen molar-refractivity contribution in [3.05, 3.63) is 65.2 Å². The monoisotopic (exact) mass is 350 g/mol. The zero-order valence-electron chi connectivity index (χ0n) is 15.0. The summed E-state index contributed by atoms with van der Waals surface area (Å²) in [6.45, 7) is 1.15. The quantitative estimate of drug-likeness (QED) is 0.425. The number of rotatable bonds is 6. The molecule has 0 atom stereocenters. The fourth-order valence-electron chi connectivity index (χ4n) is 3.25. The number of carbonyl (C=O) groups excluding carboxylic acids is 1. The standard InChI is InChI=1S/C21H26N4O/c22-21(25-19-13-6-11-16-8-4-5-12-18(16)19)24-15-7-14-23-20(26)17-9-2-1-3-10-17/h1-3,6,9-11,13H,4-5,7-8,12,14-15H2,(H,23,26)(H3,22,24,25). The molecule has 0 heterocycles. The van der Waals surface area contributed by atoms with E-state index in [1.807, 2.05) is 18.2 Å². The second kappa shape index (κ2) is 9.04. The molecule has 1 amide bonds. The number of fused-ring (bicyclic) bond motifs is 1. The van der Waals surface area contributed by atoms with Crippen LogP contribution in [0.2, 0.25) is 0 Å². The smallest absolute Gasteiger partial charge is 0.251 e. The number of benzene rings is 2. The second-order valence-corrected chi connectivity index (χ2v) is 6.52. The Morgan fingerprint density at radius 1 is 1.04 bits per heavy atom. The van der Waals surface area contributed by atoms with E-state index in [1.54, 1.807) is 12.1 Å². The van der Waals surface area contributed by atoms with Gasteiger partial charge in [0, 0.05) is 24.3 Å². The molecule has 0 unspecified atom stereocenters. The van der Waals surface area contributed by atoms with Gasteiger partial charge in [0.2, 0.25) is 0 Å². The number of amides is 1. The molecule has 5 nitrogen and oxygen atoms in total. The molecule has 0 bridgehead atoms. The molecular formula is C21H26N4O. The number of nitrogens with zero attached hydrogens (tertiary/aromatic N) is 1. The molecule has 0 aromatic heterocycles. The normalized spacial score (nSPS) is 13.8. The van der Waals surface area contributed by atoms with Gasteiger partial charge in [-0.25, -0.2) is 0 Å². The molecule has 0 fully saturated rings. The predicted octanol–water partition coefficient (Wildman–Crippen LogP) is 3.11. The minimum Gasteiger partial charge on any atom is -0.370 e. The molecule has 0 saturated carbocycles. The van der Waals surface area contributed by atoms with Crippen molar-refractivity contribution in [2.45, 2.75) is 32.1 Å². The van der Waals surface area contributed by atoms with Gasteiger partial charge in [0.15, 0.2) is 5.96 Å². The topological polar surface area (TPSA) is 79.5 Å². The third-order valence-electron chi connectivity index (χ3n) is 4.60. The Labute approximate surface area is 154 Å². The zero-order chi connectivity index (χ0) is 18.2. The van der Waals surface area contributed by atoms with E-state index in [9.17, 15) is 4.79 Å². The van der Waals surface area contributed by atoms with E-state index in [0.717, 1.165) is 24.9 Å². The Kier molecular flexibility index (Phi) is 6.25. The van der Waals surface area contributed by atoms with Gasteiger partial charge in [0.25, 0.3) is 5.91 Å². The SMILES string of the molecule is NC(=NCCCNC(=O)c1ccccc1)Nc1cccc2c1CCCC2. The maximum atomic E-state index is 11.9. The maximum Gasteiger partial charge on any atom is 0.251 e. The highest BCUT2D eigenvalue weighted by molar-refractivity contribution is 5.94. The molecule has 1 aliphatic carbocycles. The molecule has 3 rings (SSSR count). The molecule has 26 heavy (non-hydrogen) atoms. The van der Waals surface area contributed by atoms with Crippen molar-refractivity contribution < 1.29 is 4.79 Å². The van der Waals surface area contributed by atoms with E-state index in [1.165, 1.54) is 24.0 Å². The van der Waals surface area contributed by atoms with E-state index in [2.05, 4.69) is 33.8 Å². The van der Waals surface area contributed by atoms with Crippen molar-refractivity contribution in [3.8, 4) is 0 Å². The fraction of sp³-hybridized carbons (Fsp3) is 0.333. The van der Waals surface area contributed by atoms with Gasteiger partial charge in [-0.3, -0.25) is 9.79 Å². The van der Waals surface area contributed by atoms with Crippen molar-refractivity contribution in [1.29, 1.82) is 0 Å². The Morgan fingerprint density at radius 3 is 2.69 bits per heavy atom. The van der Waals surface area contributed by atoms with E-state index in [-0.39, 0.29) is 5.91 Å². The van der Waals surface area contributed by atoms with Crippen molar-refractivity contribution >= 4 is 17.6 Å². The largest absolute Gasteiger partial charge is 0.370 e. The molecule has 2 aromatic carbocycles. The van der Waals surface area contributed by atoms with Crippen LogP contribution in [0.25, 0.3) is 0 Å². The number of aryl methyl sites for hydroxylation is 1. The van der Waals surface area contributed by atoms with Crippen molar-refractivity contribution in [1.82, 2.24) is 5.32 Å². The van der Waals surface area contributed by atoms with Crippen LogP contribution >= 0.6 is 0 Å². The molecule has 0 aliphatic heterocycles. The van der Waals surface area contributed by atoms with Gasteiger partial charge >= 0.3 is 0 Å². The molecular weight excluding hydrogens is 324 g/mol. The highest BCUT2D eigenvalue weighted by atomic mass is 16.1. The summed E-state index contributed by atoms with van der Waals surface area (Å²) in [7, 11) is 0. The molecule has 5 heteroatoms. The third kappa shape index (κ3) is 4.85. The van der Waals surface area contributed by atoms with Crippen LogP contribution in [0.1, 0.15) is 40.7 Å². The zero-order valence-corrected chi connectivity index (χ0v) is 15.0. The lowest BCUT2D eigenvalue weighted by Gasteiger charge is -2.19. The van der Waals surface area contributed by atoms with Gasteiger partial charge in [-0.15, -0.1) is 0 Å². The Morgan fingerprint density at radius 2 is 1.85 bits per heavy atom. The van der Waals surface area contributed by atoms with Crippen molar-refractivity contribution in [2.24, 2.45) is 10.7 Å². The fourth-order valence-corrected chi connectivity index (χ4v) is 3.25. The number of carbonyl (C=O) groups is 1. The van der Waals surface area contributed by atoms with Gasteiger partial charge < -0.3 is 16.4 Å². The van der Waals surface area contributed by atoms with Crippen LogP contribution in [0.5, 0.6) is 0 Å². The Hall–Kier alpha value is -2.82. The second-order valence-electron chi connectivity index (χ2n) is 6.52. The predicted molar refractivity (Wildman–Crippen MR) is 107 cm³/mol. The Balaban J connectivity index is 1.44. The first-order valence-corrected chi connectivity index (χ1v) is 9.25. The number of anilines is 1. The lowest BCUT2D eigenvalue weighted by atomic mass is 9.90. The van der Waals surface area contributed by atoms with Crippen molar-refractivity contribution in [3.63, 3.8) is 0 Å². The van der Waals surface area contributed by atoms with Crippen LogP contribution < -0.4 is 16.4 Å². The van der Waals surface area contributed by atoms with Crippen LogP contribution in [-0.2, 0) is 12.8 Å². The van der Waals surface area contributed by atoms with Gasteiger partial charge in [0.05, 0.1) is 0 Å². The number of hydrogen-bond donors (Lipinski definition) is 3. The van der Waals surface area contributed by atoms with Crippen LogP contribution in [-0.4, -0.2) is 25.0 Å². The first-order chi connectivity index (χ1) is 12.7. The average Bonchev–Trinajstić information content (AvgIpc) is 2.68. The first-order valence-electron chi connectivity index (χ1n) is 9.25. The number of guanidine groups is 1. The summed E-state index contributed by atoms with van der Waals surface area (Å²) < 4.78 is 0. The van der Waals surface area contributed by atoms with Crippen LogP contribution in [0.15, 0.2) is 53.5 Å².